The number of alkyl halides is 2. The van der Waals surface area contributed by atoms with Crippen molar-refractivity contribution in [1.29, 1.82) is 0 Å². The average Bonchev–Trinajstić information content (AvgIpc) is 2.74. The standard InChI is InChI=1S/C21H40F2N6/c1-24-20(26-18-6-12-28(13-7-18)16-19(22)23)25-17-21(8-14-27(2)15-9-21)29-10-4-3-5-11-29/h18-19H,3-17H2,1-2H3,(H2,24,25,26). The summed E-state index contributed by atoms with van der Waals surface area (Å²) >= 11 is 0. The molecule has 0 amide bonds. The molecule has 0 aliphatic carbocycles. The summed E-state index contributed by atoms with van der Waals surface area (Å²) in [6.45, 7) is 6.98. The van der Waals surface area contributed by atoms with Crippen LogP contribution in [0.15, 0.2) is 4.99 Å². The molecule has 3 rings (SSSR count). The molecule has 0 bridgehead atoms. The Hall–Kier alpha value is -0.990. The van der Waals surface area contributed by atoms with E-state index in [0.717, 1.165) is 51.5 Å². The van der Waals surface area contributed by atoms with Crippen LogP contribution in [0.1, 0.15) is 44.9 Å². The molecule has 0 aromatic heterocycles. The van der Waals surface area contributed by atoms with E-state index in [-0.39, 0.29) is 12.1 Å². The third-order valence-electron chi connectivity index (χ3n) is 7.08. The van der Waals surface area contributed by atoms with Gasteiger partial charge in [-0.05, 0) is 71.8 Å². The largest absolute Gasteiger partial charge is 0.355 e. The maximum atomic E-state index is 12.6. The Kier molecular flexibility index (Phi) is 8.50. The van der Waals surface area contributed by atoms with Gasteiger partial charge in [0, 0.05) is 38.3 Å². The molecule has 3 fully saturated rings. The van der Waals surface area contributed by atoms with E-state index in [2.05, 4.69) is 32.5 Å². The van der Waals surface area contributed by atoms with Gasteiger partial charge in [-0.15, -0.1) is 0 Å². The van der Waals surface area contributed by atoms with Gasteiger partial charge < -0.3 is 15.5 Å². The molecule has 168 valence electrons. The van der Waals surface area contributed by atoms with E-state index in [9.17, 15) is 8.78 Å². The Morgan fingerprint density at radius 2 is 1.69 bits per heavy atom. The molecule has 3 saturated heterocycles. The lowest BCUT2D eigenvalue weighted by molar-refractivity contribution is 0.0172. The van der Waals surface area contributed by atoms with Crippen LogP contribution in [-0.4, -0.2) is 105 Å². The molecule has 0 aromatic rings. The molecular weight excluding hydrogens is 374 g/mol. The molecule has 0 unspecified atom stereocenters. The lowest BCUT2D eigenvalue weighted by Crippen LogP contribution is -2.62. The first-order chi connectivity index (χ1) is 14.0. The smallest absolute Gasteiger partial charge is 0.251 e. The van der Waals surface area contributed by atoms with Crippen LogP contribution in [-0.2, 0) is 0 Å². The average molecular weight is 415 g/mol. The summed E-state index contributed by atoms with van der Waals surface area (Å²) in [5.74, 6) is 0.854. The fraction of sp³-hybridized carbons (Fsp3) is 0.952. The van der Waals surface area contributed by atoms with Gasteiger partial charge in [0.15, 0.2) is 5.96 Å². The molecule has 0 saturated carbocycles. The third-order valence-corrected chi connectivity index (χ3v) is 7.08. The molecule has 0 spiro atoms. The van der Waals surface area contributed by atoms with Crippen molar-refractivity contribution in [2.24, 2.45) is 4.99 Å². The van der Waals surface area contributed by atoms with Crippen LogP contribution in [0.4, 0.5) is 8.78 Å². The zero-order chi connectivity index (χ0) is 20.7. The van der Waals surface area contributed by atoms with Crippen molar-refractivity contribution in [2.45, 2.75) is 63.0 Å². The van der Waals surface area contributed by atoms with Crippen molar-refractivity contribution in [1.82, 2.24) is 25.3 Å². The molecule has 0 aromatic carbocycles. The topological polar surface area (TPSA) is 46.1 Å². The molecule has 3 aliphatic rings. The molecule has 0 radical (unpaired) electrons. The van der Waals surface area contributed by atoms with Crippen LogP contribution in [0, 0.1) is 0 Å². The zero-order valence-electron chi connectivity index (χ0n) is 18.3. The van der Waals surface area contributed by atoms with Crippen LogP contribution in [0.2, 0.25) is 0 Å². The van der Waals surface area contributed by atoms with Gasteiger partial charge in [0.1, 0.15) is 0 Å². The van der Waals surface area contributed by atoms with Gasteiger partial charge in [0.2, 0.25) is 0 Å². The Bertz CT molecular complexity index is 507. The molecule has 3 heterocycles. The Morgan fingerprint density at radius 1 is 1.03 bits per heavy atom. The third kappa shape index (κ3) is 6.49. The molecule has 2 N–H and O–H groups in total. The van der Waals surface area contributed by atoms with Crippen molar-refractivity contribution in [2.75, 3.05) is 66.5 Å². The predicted octanol–water partition coefficient (Wildman–Crippen LogP) is 1.83. The Morgan fingerprint density at radius 3 is 2.28 bits per heavy atom. The maximum absolute atomic E-state index is 12.6. The SMILES string of the molecule is CN=C(NCC1(N2CCCCC2)CCN(C)CC1)NC1CCN(CC(F)F)CC1. The number of rotatable bonds is 6. The van der Waals surface area contributed by atoms with Gasteiger partial charge in [-0.1, -0.05) is 6.42 Å². The first-order valence-corrected chi connectivity index (χ1v) is 11.4. The second kappa shape index (κ2) is 10.9. The molecule has 29 heavy (non-hydrogen) atoms. The fourth-order valence-electron chi connectivity index (χ4n) is 5.10. The molecular formula is C21H40F2N6. The number of likely N-dealkylation sites (tertiary alicyclic amines) is 3. The van der Waals surface area contributed by atoms with Gasteiger partial charge in [-0.3, -0.25) is 14.8 Å². The summed E-state index contributed by atoms with van der Waals surface area (Å²) in [6.07, 6.45) is 5.88. The second-order valence-corrected chi connectivity index (χ2v) is 9.11. The van der Waals surface area contributed by atoms with E-state index >= 15 is 0 Å². The van der Waals surface area contributed by atoms with Gasteiger partial charge in [0.05, 0.1) is 6.54 Å². The van der Waals surface area contributed by atoms with Crippen molar-refractivity contribution in [3.63, 3.8) is 0 Å². The minimum atomic E-state index is -2.24. The summed E-state index contributed by atoms with van der Waals surface area (Å²) in [6, 6.07) is 0.304. The van der Waals surface area contributed by atoms with Gasteiger partial charge >= 0.3 is 0 Å². The van der Waals surface area contributed by atoms with Crippen molar-refractivity contribution < 1.29 is 8.78 Å². The normalized spacial score (nSPS) is 26.0. The zero-order valence-corrected chi connectivity index (χ0v) is 18.3. The summed E-state index contributed by atoms with van der Waals surface area (Å²) in [5, 5.41) is 7.17. The first kappa shape index (κ1) is 22.7. The highest BCUT2D eigenvalue weighted by Crippen LogP contribution is 2.30. The monoisotopic (exact) mass is 414 g/mol. The fourth-order valence-corrected chi connectivity index (χ4v) is 5.10. The summed E-state index contributed by atoms with van der Waals surface area (Å²) in [7, 11) is 4.04. The lowest BCUT2D eigenvalue weighted by Gasteiger charge is -2.50. The van der Waals surface area contributed by atoms with E-state index in [4.69, 9.17) is 0 Å². The van der Waals surface area contributed by atoms with Gasteiger partial charge in [-0.2, -0.15) is 0 Å². The highest BCUT2D eigenvalue weighted by molar-refractivity contribution is 5.80. The van der Waals surface area contributed by atoms with E-state index in [1.807, 2.05) is 11.9 Å². The van der Waals surface area contributed by atoms with Crippen LogP contribution in [0.3, 0.4) is 0 Å². The minimum Gasteiger partial charge on any atom is -0.355 e. The highest BCUT2D eigenvalue weighted by atomic mass is 19.3. The van der Waals surface area contributed by atoms with Crippen LogP contribution in [0.25, 0.3) is 0 Å². The quantitative estimate of drug-likeness (QED) is 0.513. The number of hydrogen-bond donors (Lipinski definition) is 2. The van der Waals surface area contributed by atoms with Crippen molar-refractivity contribution >= 4 is 5.96 Å². The van der Waals surface area contributed by atoms with Crippen LogP contribution < -0.4 is 10.6 Å². The molecule has 0 atom stereocenters. The van der Waals surface area contributed by atoms with Gasteiger partial charge in [-0.25, -0.2) is 8.78 Å². The van der Waals surface area contributed by atoms with Crippen molar-refractivity contribution in [3.8, 4) is 0 Å². The van der Waals surface area contributed by atoms with Crippen molar-refractivity contribution in [3.05, 3.63) is 0 Å². The summed E-state index contributed by atoms with van der Waals surface area (Å²) < 4.78 is 25.2. The molecule has 6 nitrogen and oxygen atoms in total. The highest BCUT2D eigenvalue weighted by Gasteiger charge is 2.39. The summed E-state index contributed by atoms with van der Waals surface area (Å²) in [4.78, 5) is 11.5. The molecule has 3 aliphatic heterocycles. The number of hydrogen-bond acceptors (Lipinski definition) is 4. The van der Waals surface area contributed by atoms with E-state index in [1.54, 1.807) is 0 Å². The second-order valence-electron chi connectivity index (χ2n) is 9.11. The maximum Gasteiger partial charge on any atom is 0.251 e. The van der Waals surface area contributed by atoms with E-state index in [0.29, 0.717) is 6.04 Å². The van der Waals surface area contributed by atoms with E-state index in [1.165, 1.54) is 45.2 Å². The van der Waals surface area contributed by atoms with Crippen LogP contribution in [0.5, 0.6) is 0 Å². The van der Waals surface area contributed by atoms with Crippen LogP contribution >= 0.6 is 0 Å². The minimum absolute atomic E-state index is 0.105. The Balaban J connectivity index is 1.51. The number of guanidine groups is 1. The number of aliphatic imine (C=N–C) groups is 1. The van der Waals surface area contributed by atoms with E-state index < -0.39 is 6.43 Å². The number of halogens is 2. The first-order valence-electron chi connectivity index (χ1n) is 11.4. The summed E-state index contributed by atoms with van der Waals surface area (Å²) in [5.41, 5.74) is 0.213. The predicted molar refractivity (Wildman–Crippen MR) is 115 cm³/mol. The number of piperidine rings is 3. The molecule has 8 heteroatoms. The number of nitrogens with one attached hydrogen (secondary N) is 2. The Labute approximate surface area is 175 Å². The van der Waals surface area contributed by atoms with Gasteiger partial charge in [0.25, 0.3) is 6.43 Å². The number of nitrogens with zero attached hydrogens (tertiary/aromatic N) is 4. The lowest BCUT2D eigenvalue weighted by atomic mass is 9.84.